The average Bonchev–Trinajstić information content (AvgIpc) is 3.26. The number of hydrogen-bond donors (Lipinski definition) is 1. The van der Waals surface area contributed by atoms with Crippen LogP contribution in [0.2, 0.25) is 10.0 Å². The monoisotopic (exact) mass is 612 g/mol. The van der Waals surface area contributed by atoms with Crippen LogP contribution >= 0.6 is 34.5 Å². The highest BCUT2D eigenvalue weighted by molar-refractivity contribution is 7.95. The molecule has 40 heavy (non-hydrogen) atoms. The van der Waals surface area contributed by atoms with Gasteiger partial charge in [-0.25, -0.2) is 13.2 Å². The highest BCUT2D eigenvalue weighted by Crippen LogP contribution is 2.44. The smallest absolute Gasteiger partial charge is 0.338 e. The number of nitrogens with two attached hydrogens (primary N) is 1. The summed E-state index contributed by atoms with van der Waals surface area (Å²) in [5.74, 6) is -2.36. The number of aromatic nitrogens is 1. The number of carbonyl (C=O) groups excluding carboxylic acids is 1. The molecule has 0 bridgehead atoms. The molecule has 2 heterocycles. The number of ether oxygens (including phenoxy) is 1. The number of carbonyl (C=O) groups is 1. The minimum absolute atomic E-state index is 0.0196. The average molecular weight is 614 g/mol. The fourth-order valence-electron chi connectivity index (χ4n) is 4.57. The van der Waals surface area contributed by atoms with Crippen LogP contribution in [0.25, 0.3) is 17.5 Å². The van der Waals surface area contributed by atoms with Gasteiger partial charge in [-0.15, -0.1) is 11.3 Å². The van der Waals surface area contributed by atoms with Crippen LogP contribution in [0.5, 0.6) is 0 Å². The minimum Gasteiger partial charge on any atom is -0.463 e. The second kappa shape index (κ2) is 11.1. The Labute approximate surface area is 244 Å². The van der Waals surface area contributed by atoms with Gasteiger partial charge in [-0.05, 0) is 48.4 Å². The Morgan fingerprint density at radius 2 is 1.62 bits per heavy atom. The molecule has 4 aromatic rings. The molecule has 0 radical (unpaired) electrons. The number of thiazole rings is 1. The van der Waals surface area contributed by atoms with Crippen LogP contribution in [0.3, 0.4) is 0 Å². The number of benzene rings is 3. The van der Waals surface area contributed by atoms with E-state index in [0.717, 1.165) is 15.9 Å². The highest BCUT2D eigenvalue weighted by Gasteiger charge is 2.43. The lowest BCUT2D eigenvalue weighted by Crippen LogP contribution is -2.41. The van der Waals surface area contributed by atoms with Gasteiger partial charge in [0.1, 0.15) is 15.4 Å². The van der Waals surface area contributed by atoms with Crippen molar-refractivity contribution in [2.24, 2.45) is 5.73 Å². The maximum atomic E-state index is 14.2. The van der Waals surface area contributed by atoms with E-state index in [9.17, 15) is 18.0 Å². The number of fused-ring (bicyclic) bond motifs is 1. The molecule has 5 rings (SSSR count). The molecule has 0 amide bonds. The molecule has 204 valence electrons. The van der Waals surface area contributed by atoms with Crippen molar-refractivity contribution in [3.63, 3.8) is 0 Å². The Balaban J connectivity index is 1.96. The molecule has 0 fully saturated rings. The summed E-state index contributed by atoms with van der Waals surface area (Å²) in [6.07, 6.45) is 1.58. The summed E-state index contributed by atoms with van der Waals surface area (Å²) in [6.45, 7) is 1.65. The van der Waals surface area contributed by atoms with Gasteiger partial charge < -0.3 is 10.5 Å². The largest absolute Gasteiger partial charge is 0.463 e. The number of allylic oxidation sites excluding steroid dienone is 1. The Kier molecular flexibility index (Phi) is 7.74. The van der Waals surface area contributed by atoms with Gasteiger partial charge in [0.2, 0.25) is 9.84 Å². The first-order valence-corrected chi connectivity index (χ1v) is 15.2. The second-order valence-electron chi connectivity index (χ2n) is 8.73. The first kappa shape index (κ1) is 27.9. The molecule has 1 aliphatic rings. The van der Waals surface area contributed by atoms with Gasteiger partial charge in [-0.1, -0.05) is 77.8 Å². The summed E-state index contributed by atoms with van der Waals surface area (Å²) in [6, 6.07) is 21.2. The molecule has 0 aliphatic carbocycles. The van der Waals surface area contributed by atoms with Crippen LogP contribution in [0.4, 0.5) is 0 Å². The van der Waals surface area contributed by atoms with E-state index >= 15 is 0 Å². The minimum atomic E-state index is -4.34. The van der Waals surface area contributed by atoms with Crippen LogP contribution in [0.1, 0.15) is 24.0 Å². The number of nitrogens with zero attached hydrogens (tertiary/aromatic N) is 1. The summed E-state index contributed by atoms with van der Waals surface area (Å²) < 4.78 is 35.2. The number of hydrogen-bond acceptors (Lipinski definition) is 7. The maximum Gasteiger partial charge on any atom is 0.338 e. The van der Waals surface area contributed by atoms with Crippen molar-refractivity contribution in [2.45, 2.75) is 17.7 Å². The maximum absolute atomic E-state index is 14.2. The predicted octanol–water partition coefficient (Wildman–Crippen LogP) is 4.12. The van der Waals surface area contributed by atoms with Crippen LogP contribution in [-0.2, 0) is 19.4 Å². The predicted molar refractivity (Wildman–Crippen MR) is 158 cm³/mol. The van der Waals surface area contributed by atoms with Crippen LogP contribution in [-0.4, -0.2) is 25.6 Å². The fourth-order valence-corrected chi connectivity index (χ4v) is 7.85. The lowest BCUT2D eigenvalue weighted by atomic mass is 9.89. The van der Waals surface area contributed by atoms with Crippen molar-refractivity contribution in [3.05, 3.63) is 124 Å². The lowest BCUT2D eigenvalue weighted by molar-refractivity contribution is -0.136. The molecule has 1 aliphatic heterocycles. The third kappa shape index (κ3) is 4.79. The molecule has 1 aromatic heterocycles. The molecule has 3 aromatic carbocycles. The summed E-state index contributed by atoms with van der Waals surface area (Å²) in [4.78, 5) is 27.0. The van der Waals surface area contributed by atoms with E-state index < -0.39 is 27.3 Å². The molecule has 0 saturated carbocycles. The highest BCUT2D eigenvalue weighted by atomic mass is 35.5. The Morgan fingerprint density at radius 1 is 1.00 bits per heavy atom. The van der Waals surface area contributed by atoms with Gasteiger partial charge in [-0.2, -0.15) is 0 Å². The number of esters is 1. The standard InChI is InChI=1S/C29H22Cl2N2O5S2/c1-2-38-29(35)24-23(19-13-7-9-15-21(19)31)25(40(36,37)18-11-4-3-5-12-18)26(32)33-27(34)22(39-28(24)33)16-17-10-6-8-14-20(17)30/h3-16,23H,2,32H2,1H3/b22-16+/t23-/m1/s1. The van der Waals surface area contributed by atoms with Gasteiger partial charge in [0.15, 0.2) is 0 Å². The second-order valence-corrected chi connectivity index (χ2v) is 12.5. The van der Waals surface area contributed by atoms with Crippen molar-refractivity contribution in [2.75, 3.05) is 6.61 Å². The zero-order valence-electron chi connectivity index (χ0n) is 21.0. The van der Waals surface area contributed by atoms with E-state index in [1.54, 1.807) is 79.7 Å². The van der Waals surface area contributed by atoms with Crippen LogP contribution < -0.4 is 20.5 Å². The molecule has 1 atom stereocenters. The SMILES string of the molecule is CCOC(=O)C1=c2s/c(=C/c3ccccc3Cl)c(=O)n2C(N)=C(S(=O)(=O)c2ccccc2)[C@@H]1c1ccccc1Cl. The number of halogens is 2. The van der Waals surface area contributed by atoms with Gasteiger partial charge in [-0.3, -0.25) is 9.36 Å². The molecule has 0 saturated heterocycles. The van der Waals surface area contributed by atoms with Gasteiger partial charge in [0.05, 0.1) is 27.5 Å². The van der Waals surface area contributed by atoms with E-state index in [1.807, 2.05) is 0 Å². The van der Waals surface area contributed by atoms with E-state index in [2.05, 4.69) is 0 Å². The number of rotatable bonds is 6. The summed E-state index contributed by atoms with van der Waals surface area (Å²) in [5.41, 5.74) is 6.83. The summed E-state index contributed by atoms with van der Waals surface area (Å²) in [5, 5.41) is 0.635. The molecule has 0 spiro atoms. The third-order valence-electron chi connectivity index (χ3n) is 6.34. The van der Waals surface area contributed by atoms with E-state index in [4.69, 9.17) is 33.7 Å². The van der Waals surface area contributed by atoms with E-state index in [1.165, 1.54) is 12.1 Å². The molecule has 7 nitrogen and oxygen atoms in total. The number of sulfone groups is 1. The fraction of sp³-hybridized carbons (Fsp3) is 0.103. The first-order chi connectivity index (χ1) is 19.2. The van der Waals surface area contributed by atoms with Crippen molar-refractivity contribution in [1.29, 1.82) is 0 Å². The molecule has 2 N–H and O–H groups in total. The zero-order valence-corrected chi connectivity index (χ0v) is 24.2. The van der Waals surface area contributed by atoms with Crippen molar-refractivity contribution in [1.82, 2.24) is 4.57 Å². The van der Waals surface area contributed by atoms with E-state index in [0.29, 0.717) is 16.1 Å². The van der Waals surface area contributed by atoms with E-state index in [-0.39, 0.29) is 42.0 Å². The normalized spacial score (nSPS) is 15.7. The third-order valence-corrected chi connectivity index (χ3v) is 10.1. The summed E-state index contributed by atoms with van der Waals surface area (Å²) >= 11 is 13.9. The van der Waals surface area contributed by atoms with Crippen molar-refractivity contribution in [3.8, 4) is 0 Å². The van der Waals surface area contributed by atoms with Crippen molar-refractivity contribution >= 4 is 67.8 Å². The van der Waals surface area contributed by atoms with Gasteiger partial charge in [0, 0.05) is 10.0 Å². The van der Waals surface area contributed by atoms with Gasteiger partial charge >= 0.3 is 5.97 Å². The first-order valence-electron chi connectivity index (χ1n) is 12.1. The van der Waals surface area contributed by atoms with Gasteiger partial charge in [0.25, 0.3) is 5.56 Å². The van der Waals surface area contributed by atoms with Crippen molar-refractivity contribution < 1.29 is 17.9 Å². The molecule has 0 unspecified atom stereocenters. The zero-order chi connectivity index (χ0) is 28.6. The quantitative estimate of drug-likeness (QED) is 0.328. The lowest BCUT2D eigenvalue weighted by Gasteiger charge is -2.28. The van der Waals surface area contributed by atoms with Crippen LogP contribution in [0, 0.1) is 0 Å². The topological polar surface area (TPSA) is 108 Å². The molecular formula is C29H22Cl2N2O5S2. The summed E-state index contributed by atoms with van der Waals surface area (Å²) in [7, 11) is -4.34. The molecular weight excluding hydrogens is 591 g/mol. The Bertz CT molecular complexity index is 1960. The molecule has 11 heteroatoms. The Hall–Kier alpha value is -3.63. The van der Waals surface area contributed by atoms with Crippen LogP contribution in [0.15, 0.2) is 93.5 Å². The Morgan fingerprint density at radius 3 is 2.27 bits per heavy atom.